The number of carbonyl (C=O) groups excluding carboxylic acids is 1. The van der Waals surface area contributed by atoms with Crippen molar-refractivity contribution in [1.82, 2.24) is 9.62 Å². The van der Waals surface area contributed by atoms with Gasteiger partial charge in [0.05, 0.1) is 26.2 Å². The van der Waals surface area contributed by atoms with Gasteiger partial charge in [-0.25, -0.2) is 8.42 Å². The third kappa shape index (κ3) is 5.54. The lowest BCUT2D eigenvalue weighted by Crippen LogP contribution is -2.50. The summed E-state index contributed by atoms with van der Waals surface area (Å²) in [6.07, 6.45) is 0.636. The summed E-state index contributed by atoms with van der Waals surface area (Å²) in [6, 6.07) is 18.7. The van der Waals surface area contributed by atoms with Gasteiger partial charge in [-0.1, -0.05) is 55.1 Å². The number of methoxy groups -OCH3 is 3. The van der Waals surface area contributed by atoms with E-state index in [1.54, 1.807) is 36.4 Å². The molecule has 200 valence electrons. The summed E-state index contributed by atoms with van der Waals surface area (Å²) in [7, 11) is 0.582. The summed E-state index contributed by atoms with van der Waals surface area (Å²) in [4.78, 5) is 13.9. The Labute approximate surface area is 223 Å². The van der Waals surface area contributed by atoms with Gasteiger partial charge in [-0.2, -0.15) is 4.31 Å². The number of hydrogen-bond donors (Lipinski definition) is 1. The highest BCUT2D eigenvalue weighted by Gasteiger charge is 2.39. The summed E-state index contributed by atoms with van der Waals surface area (Å²) in [6.45, 7) is 4.38. The van der Waals surface area contributed by atoms with Gasteiger partial charge in [0.25, 0.3) is 0 Å². The normalized spacial score (nSPS) is 15.6. The number of hydrogen-bond acceptors (Lipinski definition) is 6. The van der Waals surface area contributed by atoms with Gasteiger partial charge < -0.3 is 19.5 Å². The van der Waals surface area contributed by atoms with Gasteiger partial charge in [0.2, 0.25) is 21.7 Å². The third-order valence-corrected chi connectivity index (χ3v) is 8.57. The molecule has 0 fully saturated rings. The molecule has 9 heteroatoms. The number of nitrogens with zero attached hydrogens (tertiary/aromatic N) is 1. The van der Waals surface area contributed by atoms with E-state index in [9.17, 15) is 13.2 Å². The molecule has 1 heterocycles. The molecule has 0 spiro atoms. The first-order valence-corrected chi connectivity index (χ1v) is 13.6. The number of ether oxygens (including phenoxy) is 3. The Kier molecular flexibility index (Phi) is 8.38. The second-order valence-corrected chi connectivity index (χ2v) is 10.8. The van der Waals surface area contributed by atoms with Crippen molar-refractivity contribution in [3.63, 3.8) is 0 Å². The first kappa shape index (κ1) is 27.2. The largest absolute Gasteiger partial charge is 0.493 e. The van der Waals surface area contributed by atoms with E-state index in [1.165, 1.54) is 25.6 Å². The van der Waals surface area contributed by atoms with Crippen LogP contribution in [0.25, 0.3) is 5.57 Å². The predicted octanol–water partition coefficient (Wildman–Crippen LogP) is 4.05. The zero-order valence-electron chi connectivity index (χ0n) is 21.8. The van der Waals surface area contributed by atoms with Gasteiger partial charge in [-0.3, -0.25) is 4.79 Å². The quantitative estimate of drug-likeness (QED) is 0.444. The van der Waals surface area contributed by atoms with Crippen LogP contribution in [0.4, 0.5) is 0 Å². The summed E-state index contributed by atoms with van der Waals surface area (Å²) >= 11 is 0. The van der Waals surface area contributed by atoms with Crippen molar-refractivity contribution in [2.24, 2.45) is 0 Å². The molecule has 0 aromatic heterocycles. The maximum atomic E-state index is 13.9. The van der Waals surface area contributed by atoms with Crippen molar-refractivity contribution in [2.75, 3.05) is 27.9 Å². The first-order valence-electron chi connectivity index (χ1n) is 12.2. The van der Waals surface area contributed by atoms with Gasteiger partial charge in [0.15, 0.2) is 11.5 Å². The maximum Gasteiger partial charge on any atom is 0.244 e. The molecule has 0 bridgehead atoms. The Morgan fingerprint density at radius 1 is 0.947 bits per heavy atom. The average molecular weight is 537 g/mol. The number of fused-ring (bicyclic) bond motifs is 1. The summed E-state index contributed by atoms with van der Waals surface area (Å²) in [5.41, 5.74) is 2.88. The van der Waals surface area contributed by atoms with Crippen LogP contribution in [0.15, 0.2) is 78.2 Å². The Balaban J connectivity index is 1.67. The fourth-order valence-electron chi connectivity index (χ4n) is 4.64. The molecule has 0 aliphatic carbocycles. The fourth-order valence-corrected chi connectivity index (χ4v) is 6.47. The van der Waals surface area contributed by atoms with Crippen LogP contribution in [0, 0.1) is 0 Å². The summed E-state index contributed by atoms with van der Waals surface area (Å²) < 4.78 is 45.3. The average Bonchev–Trinajstić information content (AvgIpc) is 3.04. The minimum absolute atomic E-state index is 0.137. The molecule has 3 aromatic carbocycles. The third-order valence-electron chi connectivity index (χ3n) is 6.60. The molecule has 1 amide bonds. The zero-order chi connectivity index (χ0) is 27.3. The van der Waals surface area contributed by atoms with Crippen molar-refractivity contribution in [1.29, 1.82) is 0 Å². The highest BCUT2D eigenvalue weighted by atomic mass is 32.2. The lowest BCUT2D eigenvalue weighted by Gasteiger charge is -2.29. The van der Waals surface area contributed by atoms with Crippen LogP contribution >= 0.6 is 0 Å². The Bertz CT molecular complexity index is 1400. The van der Waals surface area contributed by atoms with Crippen LogP contribution in [0.3, 0.4) is 0 Å². The van der Waals surface area contributed by atoms with Crippen molar-refractivity contribution in [3.05, 3.63) is 90.0 Å². The van der Waals surface area contributed by atoms with Crippen LogP contribution in [-0.4, -0.2) is 52.5 Å². The van der Waals surface area contributed by atoms with Crippen LogP contribution in [0.1, 0.15) is 23.1 Å². The molecule has 0 saturated carbocycles. The molecule has 0 radical (unpaired) electrons. The fraction of sp³-hybridized carbons (Fsp3) is 0.276. The second kappa shape index (κ2) is 11.7. The van der Waals surface area contributed by atoms with E-state index in [0.29, 0.717) is 34.8 Å². The molecule has 4 rings (SSSR count). The molecule has 0 saturated heterocycles. The van der Waals surface area contributed by atoms with E-state index in [4.69, 9.17) is 14.2 Å². The van der Waals surface area contributed by atoms with Gasteiger partial charge >= 0.3 is 0 Å². The molecule has 1 aliphatic rings. The van der Waals surface area contributed by atoms with Crippen molar-refractivity contribution in [2.45, 2.75) is 30.3 Å². The van der Waals surface area contributed by atoms with Gasteiger partial charge in [0, 0.05) is 13.1 Å². The first-order chi connectivity index (χ1) is 18.3. The minimum Gasteiger partial charge on any atom is -0.493 e. The van der Waals surface area contributed by atoms with Crippen LogP contribution < -0.4 is 19.5 Å². The molecule has 1 aliphatic heterocycles. The van der Waals surface area contributed by atoms with Crippen molar-refractivity contribution < 1.29 is 27.4 Å². The number of sulfonamides is 1. The van der Waals surface area contributed by atoms with Gasteiger partial charge in [0.1, 0.15) is 6.04 Å². The number of benzene rings is 3. The van der Waals surface area contributed by atoms with E-state index < -0.39 is 22.0 Å². The Morgan fingerprint density at radius 3 is 2.21 bits per heavy atom. The smallest absolute Gasteiger partial charge is 0.244 e. The standard InChI is InChI=1S/C29H32N2O6S/c1-20-14-15-31(38(33,34)27-13-9-8-12-23(20)27)24(16-21-10-6-5-7-11-21)29(32)30-19-22-17-25(35-2)28(37-4)26(18-22)36-3/h5-13,17-18,24H,1,14-16,19H2,2-4H3,(H,30,32)/t24-/m0/s1. The Hall–Kier alpha value is -3.82. The number of carbonyl (C=O) groups is 1. The highest BCUT2D eigenvalue weighted by Crippen LogP contribution is 2.38. The SMILES string of the molecule is C=C1CCN([C@@H](Cc2ccccc2)C(=O)NCc2cc(OC)c(OC)c(OC)c2)S(=O)(=O)c2ccccc21. The van der Waals surface area contributed by atoms with Crippen molar-refractivity contribution >= 4 is 21.5 Å². The van der Waals surface area contributed by atoms with E-state index in [0.717, 1.165) is 11.1 Å². The van der Waals surface area contributed by atoms with Crippen LogP contribution in [0.2, 0.25) is 0 Å². The molecule has 3 aromatic rings. The summed E-state index contributed by atoms with van der Waals surface area (Å²) in [5.74, 6) is 0.960. The lowest BCUT2D eigenvalue weighted by molar-refractivity contribution is -0.125. The molecule has 0 unspecified atom stereocenters. The minimum atomic E-state index is -3.97. The number of rotatable bonds is 9. The van der Waals surface area contributed by atoms with E-state index in [1.807, 2.05) is 30.3 Å². The van der Waals surface area contributed by atoms with Crippen LogP contribution in [0.5, 0.6) is 17.2 Å². The molecule has 1 atom stereocenters. The van der Waals surface area contributed by atoms with E-state index >= 15 is 0 Å². The van der Waals surface area contributed by atoms with E-state index in [-0.39, 0.29) is 24.4 Å². The van der Waals surface area contributed by atoms with Crippen LogP contribution in [-0.2, 0) is 27.8 Å². The monoisotopic (exact) mass is 536 g/mol. The topological polar surface area (TPSA) is 94.2 Å². The molecular formula is C29H32N2O6S. The lowest BCUT2D eigenvalue weighted by atomic mass is 10.0. The second-order valence-electron chi connectivity index (χ2n) is 8.92. The molecule has 38 heavy (non-hydrogen) atoms. The van der Waals surface area contributed by atoms with Gasteiger partial charge in [-0.15, -0.1) is 0 Å². The molecular weight excluding hydrogens is 504 g/mol. The predicted molar refractivity (Wildman–Crippen MR) is 146 cm³/mol. The maximum absolute atomic E-state index is 13.9. The number of amides is 1. The van der Waals surface area contributed by atoms with Crippen molar-refractivity contribution in [3.8, 4) is 17.2 Å². The molecule has 1 N–H and O–H groups in total. The number of nitrogens with one attached hydrogen (secondary N) is 1. The van der Waals surface area contributed by atoms with E-state index in [2.05, 4.69) is 11.9 Å². The Morgan fingerprint density at radius 2 is 1.58 bits per heavy atom. The zero-order valence-corrected chi connectivity index (χ0v) is 22.6. The highest BCUT2D eigenvalue weighted by molar-refractivity contribution is 7.89. The summed E-state index contributed by atoms with van der Waals surface area (Å²) in [5, 5.41) is 2.93. The van der Waals surface area contributed by atoms with Gasteiger partial charge in [-0.05, 0) is 53.3 Å². The molecule has 8 nitrogen and oxygen atoms in total.